The van der Waals surface area contributed by atoms with E-state index in [1.54, 1.807) is 30.3 Å². The molecule has 2 aromatic carbocycles. The zero-order valence-electron chi connectivity index (χ0n) is 19.9. The van der Waals surface area contributed by atoms with Gasteiger partial charge in [0.2, 0.25) is 5.60 Å². The van der Waals surface area contributed by atoms with Crippen molar-refractivity contribution in [3.05, 3.63) is 95.6 Å². The first-order chi connectivity index (χ1) is 16.6. The number of nitrogens with zero attached hydrogens (tertiary/aromatic N) is 1. The molecule has 0 spiro atoms. The Balaban J connectivity index is 1.48. The number of rotatable bonds is 12. The van der Waals surface area contributed by atoms with Crippen molar-refractivity contribution in [3.63, 3.8) is 0 Å². The Labute approximate surface area is 203 Å². The van der Waals surface area contributed by atoms with Crippen LogP contribution in [0.5, 0.6) is 5.75 Å². The Bertz CT molecular complexity index is 1040. The molecule has 1 aliphatic rings. The molecule has 0 aromatic heterocycles. The smallest absolute Gasteiger partial charge is 0.339 e. The highest BCUT2D eigenvalue weighted by molar-refractivity contribution is 5.90. The van der Waals surface area contributed by atoms with Gasteiger partial charge in [0.1, 0.15) is 11.8 Å². The fraction of sp³-hybridized carbons (Fsp3) is 0.333. The highest BCUT2D eigenvalue weighted by Crippen LogP contribution is 2.27. The van der Waals surface area contributed by atoms with Gasteiger partial charge < -0.3 is 9.47 Å². The lowest BCUT2D eigenvalue weighted by atomic mass is 9.92. The van der Waals surface area contributed by atoms with Gasteiger partial charge in [-0.3, -0.25) is 0 Å². The van der Waals surface area contributed by atoms with Crippen molar-refractivity contribution in [3.8, 4) is 11.8 Å². The normalized spacial score (nSPS) is 17.2. The van der Waals surface area contributed by atoms with Crippen molar-refractivity contribution < 1.29 is 14.3 Å². The number of carbonyl (C=O) groups excluding carboxylic acids is 1. The lowest BCUT2D eigenvalue weighted by molar-refractivity contribution is 0.0232. The molecule has 0 amide bonds. The summed E-state index contributed by atoms with van der Waals surface area (Å²) in [4.78, 5) is 12.7. The first-order valence-electron chi connectivity index (χ1n) is 12.1. The lowest BCUT2D eigenvalue weighted by Crippen LogP contribution is -2.32. The van der Waals surface area contributed by atoms with E-state index >= 15 is 0 Å². The number of ether oxygens (including phenoxy) is 2. The van der Waals surface area contributed by atoms with Crippen molar-refractivity contribution in [2.75, 3.05) is 6.61 Å². The molecule has 0 radical (unpaired) electrons. The fourth-order valence-corrected chi connectivity index (χ4v) is 3.68. The number of unbranched alkanes of at least 4 members (excludes halogenated alkanes) is 5. The molecule has 0 N–H and O–H groups in total. The first-order valence-corrected chi connectivity index (χ1v) is 12.1. The largest absolute Gasteiger partial charge is 0.494 e. The van der Waals surface area contributed by atoms with Gasteiger partial charge >= 0.3 is 5.97 Å². The average Bonchev–Trinajstić information content (AvgIpc) is 2.88. The van der Waals surface area contributed by atoms with E-state index in [2.05, 4.69) is 13.0 Å². The minimum Gasteiger partial charge on any atom is -0.494 e. The predicted molar refractivity (Wildman–Crippen MR) is 136 cm³/mol. The van der Waals surface area contributed by atoms with Crippen LogP contribution in [0.4, 0.5) is 0 Å². The molecule has 0 heterocycles. The van der Waals surface area contributed by atoms with E-state index in [0.29, 0.717) is 18.6 Å². The SMILES string of the molecule is CCCCCCCCOc1ccc(C(=O)OC2(C#N)C=CC(/C=C/c3ccccc3)=CC2)cc1. The summed E-state index contributed by atoms with van der Waals surface area (Å²) in [6.07, 6.45) is 17.0. The third-order valence-corrected chi connectivity index (χ3v) is 5.77. The molecule has 1 aliphatic carbocycles. The lowest BCUT2D eigenvalue weighted by Gasteiger charge is -2.24. The Kier molecular flexibility index (Phi) is 9.73. The second-order valence-electron chi connectivity index (χ2n) is 8.52. The van der Waals surface area contributed by atoms with E-state index in [4.69, 9.17) is 9.47 Å². The second kappa shape index (κ2) is 13.2. The van der Waals surface area contributed by atoms with Crippen molar-refractivity contribution in [2.45, 2.75) is 57.5 Å². The minimum atomic E-state index is -1.30. The van der Waals surface area contributed by atoms with Crippen LogP contribution in [-0.4, -0.2) is 18.2 Å². The summed E-state index contributed by atoms with van der Waals surface area (Å²) in [7, 11) is 0. The molecule has 1 unspecified atom stereocenters. The Morgan fingerprint density at radius 1 is 1.00 bits per heavy atom. The molecule has 0 saturated carbocycles. The number of allylic oxidation sites excluding steroid dienone is 3. The maximum Gasteiger partial charge on any atom is 0.339 e. The molecular formula is C30H33NO3. The number of hydrogen-bond donors (Lipinski definition) is 0. The summed E-state index contributed by atoms with van der Waals surface area (Å²) in [6, 6.07) is 19.1. The fourth-order valence-electron chi connectivity index (χ4n) is 3.68. The third kappa shape index (κ3) is 7.78. The number of nitriles is 1. The van der Waals surface area contributed by atoms with Crippen molar-refractivity contribution >= 4 is 12.0 Å². The van der Waals surface area contributed by atoms with Gasteiger partial charge in [0.15, 0.2) is 0 Å². The molecule has 3 rings (SSSR count). The average molecular weight is 456 g/mol. The van der Waals surface area contributed by atoms with E-state index in [-0.39, 0.29) is 0 Å². The third-order valence-electron chi connectivity index (χ3n) is 5.77. The van der Waals surface area contributed by atoms with Gasteiger partial charge in [0.05, 0.1) is 12.2 Å². The summed E-state index contributed by atoms with van der Waals surface area (Å²) >= 11 is 0. The van der Waals surface area contributed by atoms with Gasteiger partial charge in [0, 0.05) is 6.42 Å². The number of benzene rings is 2. The van der Waals surface area contributed by atoms with Gasteiger partial charge in [-0.05, 0) is 47.9 Å². The van der Waals surface area contributed by atoms with Crippen LogP contribution in [0.1, 0.15) is 67.8 Å². The van der Waals surface area contributed by atoms with Crippen LogP contribution in [0, 0.1) is 11.3 Å². The Morgan fingerprint density at radius 2 is 1.74 bits per heavy atom. The molecular weight excluding hydrogens is 422 g/mol. The quantitative estimate of drug-likeness (QED) is 0.246. The zero-order chi connectivity index (χ0) is 24.1. The first kappa shape index (κ1) is 25.1. The molecule has 1 atom stereocenters. The number of esters is 1. The van der Waals surface area contributed by atoms with Gasteiger partial charge in [-0.25, -0.2) is 4.79 Å². The van der Waals surface area contributed by atoms with Crippen molar-refractivity contribution in [1.82, 2.24) is 0 Å². The van der Waals surface area contributed by atoms with Crippen LogP contribution in [0.3, 0.4) is 0 Å². The number of hydrogen-bond acceptors (Lipinski definition) is 4. The maximum absolute atomic E-state index is 12.7. The molecule has 2 aromatic rings. The molecule has 0 aliphatic heterocycles. The van der Waals surface area contributed by atoms with E-state index in [0.717, 1.165) is 23.3 Å². The van der Waals surface area contributed by atoms with Crippen LogP contribution in [0.25, 0.3) is 6.08 Å². The van der Waals surface area contributed by atoms with E-state index < -0.39 is 11.6 Å². The Morgan fingerprint density at radius 3 is 2.41 bits per heavy atom. The van der Waals surface area contributed by atoms with Crippen molar-refractivity contribution in [1.29, 1.82) is 5.26 Å². The summed E-state index contributed by atoms with van der Waals surface area (Å²) in [5, 5.41) is 9.72. The zero-order valence-corrected chi connectivity index (χ0v) is 19.9. The van der Waals surface area contributed by atoms with Gasteiger partial charge in [-0.15, -0.1) is 0 Å². The second-order valence-corrected chi connectivity index (χ2v) is 8.52. The van der Waals surface area contributed by atoms with Gasteiger partial charge in [-0.1, -0.05) is 93.7 Å². The molecule has 0 saturated heterocycles. The Hall–Kier alpha value is -3.58. The van der Waals surface area contributed by atoms with E-state index in [1.807, 2.05) is 54.6 Å². The van der Waals surface area contributed by atoms with E-state index in [9.17, 15) is 10.1 Å². The molecule has 4 nitrogen and oxygen atoms in total. The molecule has 0 bridgehead atoms. The minimum absolute atomic E-state index is 0.305. The van der Waals surface area contributed by atoms with Crippen LogP contribution < -0.4 is 4.74 Å². The molecule has 34 heavy (non-hydrogen) atoms. The van der Waals surface area contributed by atoms with Gasteiger partial charge in [0.25, 0.3) is 0 Å². The summed E-state index contributed by atoms with van der Waals surface area (Å²) in [6.45, 7) is 2.89. The standard InChI is InChI=1S/C30H33NO3/c1-2-3-4-5-6-10-23-33-28-17-15-27(16-18-28)29(32)34-30(24-31)21-19-26(20-22-30)14-13-25-11-8-7-9-12-25/h7-9,11-21H,2-6,10,22-23H2,1H3/b14-13+. The van der Waals surface area contributed by atoms with Crippen LogP contribution >= 0.6 is 0 Å². The van der Waals surface area contributed by atoms with E-state index in [1.165, 1.54) is 32.1 Å². The number of carbonyl (C=O) groups is 1. The highest BCUT2D eigenvalue weighted by atomic mass is 16.6. The molecule has 4 heteroatoms. The maximum atomic E-state index is 12.7. The van der Waals surface area contributed by atoms with Crippen LogP contribution in [0.15, 0.2) is 84.5 Å². The summed E-state index contributed by atoms with van der Waals surface area (Å²) in [5.41, 5.74) is 1.17. The highest BCUT2D eigenvalue weighted by Gasteiger charge is 2.33. The van der Waals surface area contributed by atoms with Crippen LogP contribution in [0.2, 0.25) is 0 Å². The predicted octanol–water partition coefficient (Wildman–Crippen LogP) is 7.44. The monoisotopic (exact) mass is 455 g/mol. The van der Waals surface area contributed by atoms with Crippen molar-refractivity contribution in [2.24, 2.45) is 0 Å². The summed E-state index contributed by atoms with van der Waals surface area (Å²) in [5.74, 6) is 0.209. The molecule has 176 valence electrons. The van der Waals surface area contributed by atoms with Gasteiger partial charge in [-0.2, -0.15) is 5.26 Å². The topological polar surface area (TPSA) is 59.3 Å². The summed E-state index contributed by atoms with van der Waals surface area (Å²) < 4.78 is 11.4. The van der Waals surface area contributed by atoms with Crippen LogP contribution in [-0.2, 0) is 4.74 Å². The molecule has 0 fully saturated rings.